The average Bonchev–Trinajstić information content (AvgIpc) is 3.39. The molecule has 0 bridgehead atoms. The molecule has 3 saturated carbocycles. The minimum Gasteiger partial charge on any atom is -0.472 e. The largest absolute Gasteiger partial charge is 0.472 e. The van der Waals surface area contributed by atoms with Crippen molar-refractivity contribution in [2.75, 3.05) is 6.54 Å². The van der Waals surface area contributed by atoms with Crippen LogP contribution in [-0.4, -0.2) is 24.3 Å². The van der Waals surface area contributed by atoms with E-state index in [0.29, 0.717) is 23.0 Å². The van der Waals surface area contributed by atoms with E-state index in [1.807, 2.05) is 6.08 Å². The Kier molecular flexibility index (Phi) is 4.68. The van der Waals surface area contributed by atoms with Gasteiger partial charge in [-0.2, -0.15) is 0 Å². The summed E-state index contributed by atoms with van der Waals surface area (Å²) in [7, 11) is 0. The van der Waals surface area contributed by atoms with Crippen molar-refractivity contribution >= 4 is 11.7 Å². The molecule has 1 aliphatic heterocycles. The molecular formula is C28H34FNO2. The number of rotatable bonds is 2. The fraction of sp³-hybridized carbons (Fsp3) is 0.643. The molecule has 0 unspecified atom stereocenters. The monoisotopic (exact) mass is 435 g/mol. The second kappa shape index (κ2) is 7.27. The van der Waals surface area contributed by atoms with Crippen molar-refractivity contribution < 1.29 is 13.9 Å². The molecule has 6 rings (SSSR count). The molecule has 1 heterocycles. The van der Waals surface area contributed by atoms with Gasteiger partial charge in [-0.25, -0.2) is 9.38 Å². The fourth-order valence-electron chi connectivity index (χ4n) is 8.56. The molecule has 4 heteroatoms. The number of hydrogen-bond donors (Lipinski definition) is 0. The summed E-state index contributed by atoms with van der Waals surface area (Å²) in [5.74, 6) is 3.58. The van der Waals surface area contributed by atoms with E-state index in [2.05, 4.69) is 13.8 Å². The first kappa shape index (κ1) is 20.6. The molecule has 5 aliphatic rings. The van der Waals surface area contributed by atoms with E-state index in [1.165, 1.54) is 49.8 Å². The first-order valence-electron chi connectivity index (χ1n) is 12.6. The van der Waals surface area contributed by atoms with Gasteiger partial charge in [0, 0.05) is 17.9 Å². The summed E-state index contributed by atoms with van der Waals surface area (Å²) in [6, 6.07) is 6.50. The lowest BCUT2D eigenvalue weighted by molar-refractivity contribution is -0.117. The number of allylic oxidation sites excluding steroid dienone is 1. The average molecular weight is 436 g/mol. The maximum absolute atomic E-state index is 13.3. The summed E-state index contributed by atoms with van der Waals surface area (Å²) < 4.78 is 19.7. The van der Waals surface area contributed by atoms with E-state index < -0.39 is 0 Å². The van der Waals surface area contributed by atoms with Gasteiger partial charge in [0.15, 0.2) is 5.78 Å². The zero-order valence-corrected chi connectivity index (χ0v) is 19.3. The molecule has 32 heavy (non-hydrogen) atoms. The van der Waals surface area contributed by atoms with Gasteiger partial charge >= 0.3 is 0 Å². The number of carbonyl (C=O) groups excluding carboxylic acids is 1. The molecule has 4 aliphatic carbocycles. The van der Waals surface area contributed by atoms with Crippen molar-refractivity contribution in [3.05, 3.63) is 47.3 Å². The van der Waals surface area contributed by atoms with Crippen LogP contribution in [0.3, 0.4) is 0 Å². The Labute approximate surface area is 190 Å². The molecule has 0 spiro atoms. The number of aliphatic imine (C=N–C) groups is 1. The third kappa shape index (κ3) is 2.97. The number of nitrogens with zero attached hydrogens (tertiary/aromatic N) is 1. The highest BCUT2D eigenvalue weighted by atomic mass is 19.1. The van der Waals surface area contributed by atoms with Gasteiger partial charge in [0.1, 0.15) is 11.9 Å². The fourth-order valence-corrected chi connectivity index (χ4v) is 8.56. The van der Waals surface area contributed by atoms with Crippen LogP contribution in [0.2, 0.25) is 0 Å². The van der Waals surface area contributed by atoms with Gasteiger partial charge in [-0.3, -0.25) is 4.79 Å². The van der Waals surface area contributed by atoms with Crippen LogP contribution in [-0.2, 0) is 9.53 Å². The third-order valence-electron chi connectivity index (χ3n) is 10.3. The van der Waals surface area contributed by atoms with E-state index in [-0.39, 0.29) is 17.3 Å². The molecule has 3 fully saturated rings. The van der Waals surface area contributed by atoms with Crippen LogP contribution in [0.15, 0.2) is 40.9 Å². The molecule has 0 aromatic heterocycles. The molecule has 3 nitrogen and oxygen atoms in total. The summed E-state index contributed by atoms with van der Waals surface area (Å²) in [5, 5.41) is 0. The van der Waals surface area contributed by atoms with Gasteiger partial charge in [-0.05, 0) is 104 Å². The van der Waals surface area contributed by atoms with Crippen molar-refractivity contribution in [2.24, 2.45) is 39.5 Å². The standard InChI is InChI=1S/C28H34FNO2/c1-27-13-11-20(31)15-18(27)5-8-21-22-9-10-24(28(22,2)14-12-23(21)27)25-16-30-26(32-25)17-3-6-19(29)7-4-17/h3-4,6-7,15,21-25H,5,8-14,16H2,1-2H3/t21-,22-,23-,24+,25-,27-,28-/m0/s1. The predicted octanol–water partition coefficient (Wildman–Crippen LogP) is 6.12. The Morgan fingerprint density at radius 2 is 1.75 bits per heavy atom. The molecule has 0 saturated heterocycles. The quantitative estimate of drug-likeness (QED) is 0.561. The number of ether oxygens (including phenoxy) is 1. The van der Waals surface area contributed by atoms with Crippen LogP contribution in [0, 0.1) is 40.3 Å². The van der Waals surface area contributed by atoms with Crippen molar-refractivity contribution in [1.29, 1.82) is 0 Å². The summed E-state index contributed by atoms with van der Waals surface area (Å²) in [6.07, 6.45) is 11.3. The lowest BCUT2D eigenvalue weighted by atomic mass is 9.46. The second-order valence-electron chi connectivity index (χ2n) is 11.5. The van der Waals surface area contributed by atoms with Gasteiger partial charge < -0.3 is 4.74 Å². The van der Waals surface area contributed by atoms with Crippen LogP contribution >= 0.6 is 0 Å². The van der Waals surface area contributed by atoms with Crippen LogP contribution < -0.4 is 0 Å². The molecule has 0 radical (unpaired) electrons. The smallest absolute Gasteiger partial charge is 0.216 e. The zero-order chi connectivity index (χ0) is 22.1. The predicted molar refractivity (Wildman–Crippen MR) is 123 cm³/mol. The second-order valence-corrected chi connectivity index (χ2v) is 11.5. The highest BCUT2D eigenvalue weighted by Crippen LogP contribution is 2.67. The van der Waals surface area contributed by atoms with Crippen LogP contribution in [0.5, 0.6) is 0 Å². The number of ketones is 1. The van der Waals surface area contributed by atoms with Crippen molar-refractivity contribution in [3.63, 3.8) is 0 Å². The maximum atomic E-state index is 13.3. The number of benzene rings is 1. The third-order valence-corrected chi connectivity index (χ3v) is 10.3. The van der Waals surface area contributed by atoms with Gasteiger partial charge in [-0.1, -0.05) is 19.4 Å². The number of hydrogen-bond acceptors (Lipinski definition) is 3. The van der Waals surface area contributed by atoms with Gasteiger partial charge in [-0.15, -0.1) is 0 Å². The minimum atomic E-state index is -0.228. The highest BCUT2D eigenvalue weighted by Gasteiger charge is 2.60. The molecule has 0 amide bonds. The SMILES string of the molecule is C[C@]12CC[C@H]3[C@@H](CCC4=CC(=O)CC[C@@]43C)[C@@H]1CC[C@@H]2[C@@H]1CN=C(c2ccc(F)cc2)O1. The number of fused-ring (bicyclic) bond motifs is 5. The zero-order valence-electron chi connectivity index (χ0n) is 19.3. The van der Waals surface area contributed by atoms with Crippen LogP contribution in [0.1, 0.15) is 70.8 Å². The van der Waals surface area contributed by atoms with Crippen molar-refractivity contribution in [2.45, 2.75) is 71.3 Å². The highest BCUT2D eigenvalue weighted by molar-refractivity contribution is 5.95. The van der Waals surface area contributed by atoms with E-state index in [9.17, 15) is 9.18 Å². The summed E-state index contributed by atoms with van der Waals surface area (Å²) in [5.41, 5.74) is 2.87. The van der Waals surface area contributed by atoms with Gasteiger partial charge in [0.05, 0.1) is 6.54 Å². The molecular weight excluding hydrogens is 401 g/mol. The Morgan fingerprint density at radius 1 is 0.969 bits per heavy atom. The molecule has 170 valence electrons. The Balaban J connectivity index is 1.21. The van der Waals surface area contributed by atoms with E-state index >= 15 is 0 Å². The Morgan fingerprint density at radius 3 is 2.56 bits per heavy atom. The van der Waals surface area contributed by atoms with Crippen molar-refractivity contribution in [3.8, 4) is 0 Å². The van der Waals surface area contributed by atoms with Crippen LogP contribution in [0.25, 0.3) is 0 Å². The molecule has 7 atom stereocenters. The van der Waals surface area contributed by atoms with E-state index in [0.717, 1.165) is 49.1 Å². The first-order chi connectivity index (χ1) is 15.4. The maximum Gasteiger partial charge on any atom is 0.216 e. The summed E-state index contributed by atoms with van der Waals surface area (Å²) in [4.78, 5) is 16.8. The minimum absolute atomic E-state index is 0.142. The van der Waals surface area contributed by atoms with Gasteiger partial charge in [0.25, 0.3) is 0 Å². The number of carbonyl (C=O) groups is 1. The summed E-state index contributed by atoms with van der Waals surface area (Å²) in [6.45, 7) is 5.71. The lowest BCUT2D eigenvalue weighted by Crippen LogP contribution is -2.51. The number of halogens is 1. The molecule has 1 aromatic rings. The van der Waals surface area contributed by atoms with Crippen LogP contribution in [0.4, 0.5) is 4.39 Å². The van der Waals surface area contributed by atoms with E-state index in [1.54, 1.807) is 12.1 Å². The molecule has 0 N–H and O–H groups in total. The lowest BCUT2D eigenvalue weighted by Gasteiger charge is -2.58. The van der Waals surface area contributed by atoms with Crippen molar-refractivity contribution in [1.82, 2.24) is 0 Å². The van der Waals surface area contributed by atoms with Gasteiger partial charge in [0.2, 0.25) is 5.90 Å². The topological polar surface area (TPSA) is 38.7 Å². The van der Waals surface area contributed by atoms with E-state index in [4.69, 9.17) is 9.73 Å². The Hall–Kier alpha value is -1.97. The summed E-state index contributed by atoms with van der Waals surface area (Å²) >= 11 is 0. The normalized spacial score (nSPS) is 43.0. The molecule has 1 aromatic carbocycles. The first-order valence-corrected chi connectivity index (χ1v) is 12.6. The Bertz CT molecular complexity index is 997.